The highest BCUT2D eigenvalue weighted by molar-refractivity contribution is 6.30. The van der Waals surface area contributed by atoms with Crippen LogP contribution in [0.3, 0.4) is 0 Å². The van der Waals surface area contributed by atoms with Crippen LogP contribution in [0.4, 0.5) is 0 Å². The van der Waals surface area contributed by atoms with Gasteiger partial charge >= 0.3 is 0 Å². The third-order valence-corrected chi connectivity index (χ3v) is 4.21. The van der Waals surface area contributed by atoms with E-state index in [4.69, 9.17) is 17.3 Å². The van der Waals surface area contributed by atoms with E-state index >= 15 is 0 Å². The van der Waals surface area contributed by atoms with Crippen molar-refractivity contribution in [1.29, 1.82) is 0 Å². The summed E-state index contributed by atoms with van der Waals surface area (Å²) >= 11 is 6.00. The summed E-state index contributed by atoms with van der Waals surface area (Å²) in [5.41, 5.74) is 7.39. The first-order valence-corrected chi connectivity index (χ1v) is 7.33. The van der Waals surface area contributed by atoms with Crippen molar-refractivity contribution in [2.45, 2.75) is 44.7 Å². The van der Waals surface area contributed by atoms with Gasteiger partial charge in [0.1, 0.15) is 0 Å². The average Bonchev–Trinajstić information content (AvgIpc) is 2.83. The fourth-order valence-electron chi connectivity index (χ4n) is 2.86. The van der Waals surface area contributed by atoms with Gasteiger partial charge in [-0.15, -0.1) is 0 Å². The minimum Gasteiger partial charge on any atom is -0.324 e. The first-order chi connectivity index (χ1) is 8.70. The predicted octanol–water partition coefficient (Wildman–Crippen LogP) is 3.60. The maximum atomic E-state index is 6.24. The molecule has 1 aromatic rings. The number of nitrogens with zero attached hydrogens (tertiary/aromatic N) is 1. The van der Waals surface area contributed by atoms with Gasteiger partial charge < -0.3 is 10.6 Å². The number of rotatable bonds is 5. The molecule has 2 unspecified atom stereocenters. The molecule has 2 N–H and O–H groups in total. The summed E-state index contributed by atoms with van der Waals surface area (Å²) in [5, 5.41) is 0.774. The van der Waals surface area contributed by atoms with Crippen LogP contribution >= 0.6 is 11.6 Å². The second-order valence-corrected chi connectivity index (χ2v) is 5.63. The first kappa shape index (κ1) is 13.9. The summed E-state index contributed by atoms with van der Waals surface area (Å²) in [7, 11) is 0. The van der Waals surface area contributed by atoms with Crippen LogP contribution < -0.4 is 5.73 Å². The van der Waals surface area contributed by atoms with E-state index in [2.05, 4.69) is 17.9 Å². The van der Waals surface area contributed by atoms with E-state index in [1.807, 2.05) is 18.2 Å². The molecule has 0 spiro atoms. The summed E-state index contributed by atoms with van der Waals surface area (Å²) in [4.78, 5) is 2.59. The molecule has 0 aliphatic carbocycles. The zero-order valence-corrected chi connectivity index (χ0v) is 11.9. The summed E-state index contributed by atoms with van der Waals surface area (Å²) in [5.74, 6) is 0. The van der Waals surface area contributed by atoms with Crippen LogP contribution in [0.2, 0.25) is 5.02 Å². The highest BCUT2D eigenvalue weighted by Gasteiger charge is 2.22. The summed E-state index contributed by atoms with van der Waals surface area (Å²) < 4.78 is 0. The van der Waals surface area contributed by atoms with E-state index < -0.39 is 0 Å². The molecule has 2 atom stereocenters. The van der Waals surface area contributed by atoms with Crippen LogP contribution in [0.25, 0.3) is 0 Å². The third-order valence-electron chi connectivity index (χ3n) is 3.97. The lowest BCUT2D eigenvalue weighted by atomic mass is 10.0. The van der Waals surface area contributed by atoms with E-state index in [-0.39, 0.29) is 6.04 Å². The van der Waals surface area contributed by atoms with E-state index in [9.17, 15) is 0 Å². The average molecular weight is 267 g/mol. The Labute approximate surface area is 115 Å². The van der Waals surface area contributed by atoms with Gasteiger partial charge in [-0.2, -0.15) is 0 Å². The van der Waals surface area contributed by atoms with E-state index in [0.29, 0.717) is 0 Å². The summed E-state index contributed by atoms with van der Waals surface area (Å²) in [6.07, 6.45) is 4.96. The number of benzene rings is 1. The Hall–Kier alpha value is -0.570. The lowest BCUT2D eigenvalue weighted by Gasteiger charge is -2.24. The monoisotopic (exact) mass is 266 g/mol. The molecular weight excluding hydrogens is 244 g/mol. The minimum absolute atomic E-state index is 0.0989. The van der Waals surface area contributed by atoms with Crippen LogP contribution in [0.1, 0.15) is 44.2 Å². The fraction of sp³-hybridized carbons (Fsp3) is 0.600. The molecule has 100 valence electrons. The zero-order valence-electron chi connectivity index (χ0n) is 11.1. The van der Waals surface area contributed by atoms with Crippen molar-refractivity contribution in [3.8, 4) is 0 Å². The predicted molar refractivity (Wildman–Crippen MR) is 77.9 cm³/mol. The minimum atomic E-state index is 0.0989. The topological polar surface area (TPSA) is 29.3 Å². The first-order valence-electron chi connectivity index (χ1n) is 6.95. The largest absolute Gasteiger partial charge is 0.324 e. The van der Waals surface area contributed by atoms with Gasteiger partial charge in [0, 0.05) is 23.7 Å². The van der Waals surface area contributed by atoms with E-state index in [1.54, 1.807) is 0 Å². The molecule has 1 aliphatic rings. The molecule has 1 heterocycles. The molecule has 3 heteroatoms. The number of likely N-dealkylation sites (tertiary alicyclic amines) is 1. The van der Waals surface area contributed by atoms with E-state index in [0.717, 1.165) is 29.6 Å². The molecule has 0 radical (unpaired) electrons. The Morgan fingerprint density at radius 3 is 3.06 bits per heavy atom. The van der Waals surface area contributed by atoms with Crippen LogP contribution in [0.15, 0.2) is 24.3 Å². The molecular formula is C15H23ClN2. The zero-order chi connectivity index (χ0) is 13.0. The van der Waals surface area contributed by atoms with Crippen molar-refractivity contribution in [2.75, 3.05) is 13.1 Å². The van der Waals surface area contributed by atoms with Gasteiger partial charge in [0.05, 0.1) is 0 Å². The van der Waals surface area contributed by atoms with Gasteiger partial charge in [-0.25, -0.2) is 0 Å². The molecule has 18 heavy (non-hydrogen) atoms. The highest BCUT2D eigenvalue weighted by Crippen LogP contribution is 2.23. The van der Waals surface area contributed by atoms with Crippen molar-refractivity contribution >= 4 is 11.6 Å². The van der Waals surface area contributed by atoms with Gasteiger partial charge in [0.2, 0.25) is 0 Å². The Kier molecular flexibility index (Phi) is 5.04. The third kappa shape index (κ3) is 3.47. The van der Waals surface area contributed by atoms with Crippen LogP contribution in [0, 0.1) is 0 Å². The molecule has 1 aromatic carbocycles. The van der Waals surface area contributed by atoms with Crippen molar-refractivity contribution in [1.82, 2.24) is 4.90 Å². The second kappa shape index (κ2) is 6.55. The Morgan fingerprint density at radius 2 is 2.33 bits per heavy atom. The molecule has 0 amide bonds. The highest BCUT2D eigenvalue weighted by atomic mass is 35.5. The van der Waals surface area contributed by atoms with Gasteiger partial charge in [-0.1, -0.05) is 30.7 Å². The molecule has 2 rings (SSSR count). The van der Waals surface area contributed by atoms with Crippen LogP contribution in [-0.4, -0.2) is 24.0 Å². The fourth-order valence-corrected chi connectivity index (χ4v) is 3.06. The van der Waals surface area contributed by atoms with Crippen molar-refractivity contribution in [3.63, 3.8) is 0 Å². The van der Waals surface area contributed by atoms with Gasteiger partial charge in [-0.3, -0.25) is 0 Å². The number of halogens is 1. The van der Waals surface area contributed by atoms with Crippen molar-refractivity contribution in [3.05, 3.63) is 34.9 Å². The Bertz CT molecular complexity index is 381. The second-order valence-electron chi connectivity index (χ2n) is 5.19. The van der Waals surface area contributed by atoms with Crippen LogP contribution in [0.5, 0.6) is 0 Å². The van der Waals surface area contributed by atoms with Crippen molar-refractivity contribution < 1.29 is 0 Å². The van der Waals surface area contributed by atoms with Gasteiger partial charge in [-0.05, 0) is 49.9 Å². The summed E-state index contributed by atoms with van der Waals surface area (Å²) in [6, 6.07) is 8.79. The number of hydrogen-bond acceptors (Lipinski definition) is 2. The van der Waals surface area contributed by atoms with Crippen molar-refractivity contribution in [2.24, 2.45) is 5.73 Å². The number of hydrogen-bond donors (Lipinski definition) is 1. The Morgan fingerprint density at radius 1 is 1.50 bits per heavy atom. The standard InChI is InChI=1S/C15H23ClN2/c1-2-14-7-4-9-18(14)10-8-15(17)12-5-3-6-13(16)11-12/h3,5-6,11,14-15H,2,4,7-10,17H2,1H3. The molecule has 1 fully saturated rings. The van der Waals surface area contributed by atoms with Gasteiger partial charge in [0.25, 0.3) is 0 Å². The lowest BCUT2D eigenvalue weighted by molar-refractivity contribution is 0.239. The van der Waals surface area contributed by atoms with Crippen LogP contribution in [-0.2, 0) is 0 Å². The Balaban J connectivity index is 1.86. The smallest absolute Gasteiger partial charge is 0.0409 e. The maximum absolute atomic E-state index is 6.24. The quantitative estimate of drug-likeness (QED) is 0.882. The summed E-state index contributed by atoms with van der Waals surface area (Å²) in [6.45, 7) is 4.62. The molecule has 1 aliphatic heterocycles. The normalized spacial score (nSPS) is 22.3. The molecule has 0 saturated carbocycles. The lowest BCUT2D eigenvalue weighted by Crippen LogP contribution is -2.31. The molecule has 0 aromatic heterocycles. The maximum Gasteiger partial charge on any atom is 0.0409 e. The molecule has 0 bridgehead atoms. The number of nitrogens with two attached hydrogens (primary N) is 1. The van der Waals surface area contributed by atoms with Gasteiger partial charge in [0.15, 0.2) is 0 Å². The van der Waals surface area contributed by atoms with E-state index in [1.165, 1.54) is 25.8 Å². The molecule has 1 saturated heterocycles. The molecule has 2 nitrogen and oxygen atoms in total. The SMILES string of the molecule is CCC1CCCN1CCC(N)c1cccc(Cl)c1.